The summed E-state index contributed by atoms with van der Waals surface area (Å²) in [4.78, 5) is 21.7. The Morgan fingerprint density at radius 1 is 1.07 bits per heavy atom. The number of aromatic nitrogens is 3. The van der Waals surface area contributed by atoms with Gasteiger partial charge in [-0.2, -0.15) is 0 Å². The zero-order valence-electron chi connectivity index (χ0n) is 15.2. The number of fused-ring (bicyclic) bond motifs is 1. The van der Waals surface area contributed by atoms with Crippen molar-refractivity contribution in [3.8, 4) is 16.4 Å². The highest BCUT2D eigenvalue weighted by Gasteiger charge is 2.28. The van der Waals surface area contributed by atoms with Gasteiger partial charge in [0.25, 0.3) is 5.91 Å². The molecular formula is C21H15ClN4OS2. The van der Waals surface area contributed by atoms with Gasteiger partial charge in [-0.25, -0.2) is 9.67 Å². The second-order valence-corrected chi connectivity index (χ2v) is 8.92. The molecular weight excluding hydrogens is 424 g/mol. The molecule has 1 amide bonds. The van der Waals surface area contributed by atoms with Gasteiger partial charge in [0, 0.05) is 22.2 Å². The van der Waals surface area contributed by atoms with Crippen LogP contribution in [0.4, 0.5) is 5.69 Å². The molecule has 5 rings (SSSR count). The van der Waals surface area contributed by atoms with Gasteiger partial charge in [0.15, 0.2) is 5.82 Å². The lowest BCUT2D eigenvalue weighted by atomic mass is 10.2. The van der Waals surface area contributed by atoms with E-state index < -0.39 is 0 Å². The van der Waals surface area contributed by atoms with E-state index >= 15 is 0 Å². The molecule has 0 N–H and O–H groups in total. The number of nitrogens with zero attached hydrogens (tertiary/aromatic N) is 4. The third-order valence-electron chi connectivity index (χ3n) is 4.57. The molecule has 0 unspecified atom stereocenters. The van der Waals surface area contributed by atoms with Crippen LogP contribution in [-0.2, 0) is 0 Å². The normalized spacial score (nSPS) is 13.3. The van der Waals surface area contributed by atoms with Crippen LogP contribution in [0.2, 0.25) is 5.02 Å². The molecule has 0 saturated heterocycles. The van der Waals surface area contributed by atoms with Crippen molar-refractivity contribution >= 4 is 46.3 Å². The fourth-order valence-corrected chi connectivity index (χ4v) is 5.08. The van der Waals surface area contributed by atoms with E-state index in [4.69, 9.17) is 11.6 Å². The Kier molecular flexibility index (Phi) is 4.87. The lowest BCUT2D eigenvalue weighted by Gasteiger charge is -2.28. The number of halogens is 1. The SMILES string of the molecule is O=C(c1nc(-c2cccs2)n(-c2ccccc2)n1)N1CCSc2ccc(Cl)cc21. The van der Waals surface area contributed by atoms with Gasteiger partial charge in [-0.15, -0.1) is 28.2 Å². The van der Waals surface area contributed by atoms with Gasteiger partial charge in [0.05, 0.1) is 16.3 Å². The Morgan fingerprint density at radius 3 is 2.72 bits per heavy atom. The van der Waals surface area contributed by atoms with Crippen LogP contribution in [0.3, 0.4) is 0 Å². The molecule has 2 aromatic carbocycles. The van der Waals surface area contributed by atoms with Crippen molar-refractivity contribution in [3.63, 3.8) is 0 Å². The topological polar surface area (TPSA) is 51.0 Å². The first kappa shape index (κ1) is 18.4. The van der Waals surface area contributed by atoms with Crippen molar-refractivity contribution in [3.05, 3.63) is 76.9 Å². The first-order valence-electron chi connectivity index (χ1n) is 9.01. The van der Waals surface area contributed by atoms with Gasteiger partial charge in [-0.05, 0) is 41.8 Å². The Labute approximate surface area is 181 Å². The van der Waals surface area contributed by atoms with Gasteiger partial charge in [-0.3, -0.25) is 4.79 Å². The van der Waals surface area contributed by atoms with Crippen molar-refractivity contribution in [2.45, 2.75) is 4.90 Å². The monoisotopic (exact) mass is 438 g/mol. The van der Waals surface area contributed by atoms with E-state index in [1.165, 1.54) is 0 Å². The highest BCUT2D eigenvalue weighted by molar-refractivity contribution is 7.99. The second kappa shape index (κ2) is 7.67. The molecule has 1 aliphatic heterocycles. The third-order valence-corrected chi connectivity index (χ3v) is 6.71. The molecule has 0 atom stereocenters. The van der Waals surface area contributed by atoms with E-state index in [0.29, 0.717) is 17.4 Å². The maximum absolute atomic E-state index is 13.4. The van der Waals surface area contributed by atoms with Crippen LogP contribution in [-0.4, -0.2) is 33.0 Å². The lowest BCUT2D eigenvalue weighted by molar-refractivity contribution is 0.0978. The van der Waals surface area contributed by atoms with Gasteiger partial charge < -0.3 is 4.90 Å². The van der Waals surface area contributed by atoms with Crippen LogP contribution in [0.1, 0.15) is 10.6 Å². The van der Waals surface area contributed by atoms with E-state index in [0.717, 1.165) is 26.9 Å². The average Bonchev–Trinajstić information content (AvgIpc) is 3.43. The molecule has 2 aromatic heterocycles. The number of rotatable bonds is 3. The van der Waals surface area contributed by atoms with Gasteiger partial charge in [0.1, 0.15) is 0 Å². The molecule has 4 aromatic rings. The standard InChI is InChI=1S/C21H15ClN4OS2/c22-14-8-9-17-16(13-14)25(10-12-29-17)21(27)19-23-20(18-7-4-11-28-18)26(24-19)15-5-2-1-3-6-15/h1-9,11,13H,10,12H2. The molecule has 0 fully saturated rings. The summed E-state index contributed by atoms with van der Waals surface area (Å²) < 4.78 is 1.73. The Balaban J connectivity index is 1.59. The first-order chi connectivity index (χ1) is 14.2. The summed E-state index contributed by atoms with van der Waals surface area (Å²) in [5.74, 6) is 1.43. The number of hydrogen-bond acceptors (Lipinski definition) is 5. The van der Waals surface area contributed by atoms with Gasteiger partial charge >= 0.3 is 0 Å². The molecule has 1 aliphatic rings. The molecule has 0 saturated carbocycles. The number of benzene rings is 2. The van der Waals surface area contributed by atoms with E-state index in [1.54, 1.807) is 32.7 Å². The van der Waals surface area contributed by atoms with E-state index in [-0.39, 0.29) is 11.7 Å². The summed E-state index contributed by atoms with van der Waals surface area (Å²) in [5.41, 5.74) is 1.67. The molecule has 3 heterocycles. The minimum absolute atomic E-state index is 0.176. The maximum Gasteiger partial charge on any atom is 0.298 e. The van der Waals surface area contributed by atoms with Crippen LogP contribution in [0.15, 0.2) is 70.9 Å². The number of carbonyl (C=O) groups is 1. The highest BCUT2D eigenvalue weighted by atomic mass is 35.5. The van der Waals surface area contributed by atoms with Gasteiger partial charge in [-0.1, -0.05) is 35.9 Å². The predicted octanol–water partition coefficient (Wildman–Crippen LogP) is 5.40. The summed E-state index contributed by atoms with van der Waals surface area (Å²) in [6, 6.07) is 19.3. The highest BCUT2D eigenvalue weighted by Crippen LogP contribution is 2.37. The number of hydrogen-bond donors (Lipinski definition) is 0. The largest absolute Gasteiger partial charge is 0.304 e. The molecule has 0 aliphatic carbocycles. The van der Waals surface area contributed by atoms with Crippen LogP contribution >= 0.6 is 34.7 Å². The third kappa shape index (κ3) is 3.46. The molecule has 144 valence electrons. The summed E-state index contributed by atoms with van der Waals surface area (Å²) in [6.07, 6.45) is 0. The molecule has 29 heavy (non-hydrogen) atoms. The summed E-state index contributed by atoms with van der Waals surface area (Å²) in [6.45, 7) is 0.588. The van der Waals surface area contributed by atoms with E-state index in [2.05, 4.69) is 10.1 Å². The zero-order valence-corrected chi connectivity index (χ0v) is 17.5. The number of para-hydroxylation sites is 1. The second-order valence-electron chi connectivity index (χ2n) is 6.40. The Morgan fingerprint density at radius 2 is 1.93 bits per heavy atom. The number of thiophene rings is 1. The molecule has 0 spiro atoms. The first-order valence-corrected chi connectivity index (χ1v) is 11.3. The number of anilines is 1. The van der Waals surface area contributed by atoms with Crippen molar-refractivity contribution in [1.82, 2.24) is 14.8 Å². The number of amides is 1. The van der Waals surface area contributed by atoms with Crippen molar-refractivity contribution in [2.24, 2.45) is 0 Å². The summed E-state index contributed by atoms with van der Waals surface area (Å²) >= 11 is 9.48. The molecule has 0 bridgehead atoms. The Bertz CT molecular complexity index is 1170. The smallest absolute Gasteiger partial charge is 0.298 e. The van der Waals surface area contributed by atoms with Crippen molar-refractivity contribution in [1.29, 1.82) is 0 Å². The molecule has 5 nitrogen and oxygen atoms in total. The van der Waals surface area contributed by atoms with E-state index in [9.17, 15) is 4.79 Å². The minimum atomic E-state index is -0.221. The van der Waals surface area contributed by atoms with Gasteiger partial charge in [0.2, 0.25) is 5.82 Å². The van der Waals surface area contributed by atoms with Crippen LogP contribution in [0, 0.1) is 0 Å². The van der Waals surface area contributed by atoms with E-state index in [1.807, 2.05) is 66.0 Å². The van der Waals surface area contributed by atoms with Crippen LogP contribution in [0.25, 0.3) is 16.4 Å². The zero-order chi connectivity index (χ0) is 19.8. The Hall–Kier alpha value is -2.61. The lowest BCUT2D eigenvalue weighted by Crippen LogP contribution is -2.36. The average molecular weight is 439 g/mol. The summed E-state index contributed by atoms with van der Waals surface area (Å²) in [7, 11) is 0. The quantitative estimate of drug-likeness (QED) is 0.429. The number of carbonyl (C=O) groups excluding carboxylic acids is 1. The van der Waals surface area contributed by atoms with Crippen LogP contribution < -0.4 is 4.90 Å². The van der Waals surface area contributed by atoms with Crippen LogP contribution in [0.5, 0.6) is 0 Å². The number of thioether (sulfide) groups is 1. The predicted molar refractivity (Wildman–Crippen MR) is 119 cm³/mol. The fraction of sp³-hybridized carbons (Fsp3) is 0.0952. The van der Waals surface area contributed by atoms with Crippen molar-refractivity contribution < 1.29 is 4.79 Å². The molecule has 0 radical (unpaired) electrons. The van der Waals surface area contributed by atoms with Crippen molar-refractivity contribution in [2.75, 3.05) is 17.2 Å². The fourth-order valence-electron chi connectivity index (χ4n) is 3.24. The maximum atomic E-state index is 13.4. The molecule has 8 heteroatoms. The summed E-state index contributed by atoms with van der Waals surface area (Å²) in [5, 5.41) is 7.18. The minimum Gasteiger partial charge on any atom is -0.304 e.